The van der Waals surface area contributed by atoms with E-state index in [9.17, 15) is 19.8 Å². The van der Waals surface area contributed by atoms with Gasteiger partial charge in [-0.25, -0.2) is 0 Å². The average Bonchev–Trinajstić information content (AvgIpc) is 3.57. The van der Waals surface area contributed by atoms with Gasteiger partial charge in [0.2, 0.25) is 5.91 Å². The Balaban J connectivity index is 3.31. The normalized spacial score (nSPS) is 12.4. The van der Waals surface area contributed by atoms with Crippen molar-refractivity contribution in [3.05, 3.63) is 12.2 Å². The quantitative estimate of drug-likeness (QED) is 0.0320. The number of carbonyl (C=O) groups excluding carboxylic acids is 2. The van der Waals surface area contributed by atoms with Crippen LogP contribution in [0.4, 0.5) is 0 Å². The van der Waals surface area contributed by atoms with E-state index in [1.165, 1.54) is 411 Å². The van der Waals surface area contributed by atoms with Crippen molar-refractivity contribution < 1.29 is 24.5 Å². The van der Waals surface area contributed by atoms with Gasteiger partial charge >= 0.3 is 5.97 Å². The molecule has 2 atom stereocenters. The molecule has 3 N–H and O–H groups in total. The standard InChI is InChI=1S/C83H163NO5/c1-3-5-7-9-11-13-15-17-19-20-44-48-51-55-59-63-67-71-75-81(86)80(79-85)84-82(87)76-72-68-64-60-56-52-49-45-42-40-38-36-34-32-30-28-26-24-22-21-23-25-27-29-31-33-35-37-39-41-43-46-50-54-58-62-66-70-74-78-89-83(88)77-73-69-65-61-57-53-47-18-16-14-12-10-8-6-4-2/h21-22,80-81,85-86H,3-20,23-79H2,1-2H3,(H,84,87)/b22-21-. The monoisotopic (exact) mass is 1250 g/mol. The topological polar surface area (TPSA) is 95.9 Å². The lowest BCUT2D eigenvalue weighted by atomic mass is 10.0. The second-order valence-corrected chi connectivity index (χ2v) is 28.8. The first-order valence-corrected chi connectivity index (χ1v) is 41.4. The minimum absolute atomic E-state index is 0.0255. The van der Waals surface area contributed by atoms with Crippen LogP contribution in [0.3, 0.4) is 0 Å². The summed E-state index contributed by atoms with van der Waals surface area (Å²) in [5, 5.41) is 23.4. The van der Waals surface area contributed by atoms with Crippen LogP contribution in [-0.4, -0.2) is 47.4 Å². The highest BCUT2D eigenvalue weighted by Crippen LogP contribution is 2.21. The first-order valence-electron chi connectivity index (χ1n) is 41.4. The summed E-state index contributed by atoms with van der Waals surface area (Å²) in [6.07, 6.45) is 100. The van der Waals surface area contributed by atoms with Crippen LogP contribution in [0, 0.1) is 0 Å². The molecule has 0 aromatic carbocycles. The molecule has 0 saturated carbocycles. The lowest BCUT2D eigenvalue weighted by molar-refractivity contribution is -0.143. The molecule has 2 unspecified atom stereocenters. The van der Waals surface area contributed by atoms with Crippen molar-refractivity contribution in [1.82, 2.24) is 5.32 Å². The van der Waals surface area contributed by atoms with Crippen molar-refractivity contribution >= 4 is 11.9 Å². The highest BCUT2D eigenvalue weighted by molar-refractivity contribution is 5.76. The molecule has 0 rings (SSSR count). The van der Waals surface area contributed by atoms with Crippen LogP contribution in [0.15, 0.2) is 12.2 Å². The average molecular weight is 1260 g/mol. The third-order valence-corrected chi connectivity index (χ3v) is 19.8. The minimum atomic E-state index is -0.661. The largest absolute Gasteiger partial charge is 0.466 e. The lowest BCUT2D eigenvalue weighted by Crippen LogP contribution is -2.45. The molecule has 0 saturated heterocycles. The molecule has 530 valence electrons. The molecule has 0 fully saturated rings. The van der Waals surface area contributed by atoms with Gasteiger partial charge in [0.15, 0.2) is 0 Å². The zero-order valence-corrected chi connectivity index (χ0v) is 61.0. The molecule has 0 radical (unpaired) electrons. The summed E-state index contributed by atoms with van der Waals surface area (Å²) in [5.74, 6) is 0.00114. The van der Waals surface area contributed by atoms with Gasteiger partial charge in [0.25, 0.3) is 0 Å². The van der Waals surface area contributed by atoms with Crippen LogP contribution in [0.25, 0.3) is 0 Å². The molecule has 0 bridgehead atoms. The maximum atomic E-state index is 12.6. The summed E-state index contributed by atoms with van der Waals surface area (Å²) in [4.78, 5) is 24.6. The van der Waals surface area contributed by atoms with Crippen molar-refractivity contribution in [3.8, 4) is 0 Å². The van der Waals surface area contributed by atoms with E-state index in [2.05, 4.69) is 31.3 Å². The van der Waals surface area contributed by atoms with Crippen LogP contribution in [0.5, 0.6) is 0 Å². The highest BCUT2D eigenvalue weighted by Gasteiger charge is 2.20. The molecule has 1 amide bonds. The van der Waals surface area contributed by atoms with Crippen LogP contribution in [-0.2, 0) is 14.3 Å². The maximum Gasteiger partial charge on any atom is 0.305 e. The van der Waals surface area contributed by atoms with E-state index >= 15 is 0 Å². The number of allylic oxidation sites excluding steroid dienone is 2. The summed E-state index contributed by atoms with van der Waals surface area (Å²) in [6, 6.07) is -0.538. The van der Waals surface area contributed by atoms with Gasteiger partial charge in [0.1, 0.15) is 0 Å². The number of hydrogen-bond donors (Lipinski definition) is 3. The van der Waals surface area contributed by atoms with E-state index in [0.717, 1.165) is 38.5 Å². The first-order chi connectivity index (χ1) is 44.0. The zero-order chi connectivity index (χ0) is 64.2. The molecular formula is C83H163NO5. The number of unbranched alkanes of at least 4 members (excludes halogenated alkanes) is 66. The van der Waals surface area contributed by atoms with Crippen molar-refractivity contribution in [2.24, 2.45) is 0 Å². The van der Waals surface area contributed by atoms with Gasteiger partial charge < -0.3 is 20.3 Å². The summed E-state index contributed by atoms with van der Waals surface area (Å²) in [6.45, 7) is 5.02. The molecule has 0 aromatic heterocycles. The molecular weight excluding hydrogens is 1090 g/mol. The molecule has 89 heavy (non-hydrogen) atoms. The number of aliphatic hydroxyl groups is 2. The van der Waals surface area contributed by atoms with Crippen molar-refractivity contribution in [2.45, 2.75) is 495 Å². The van der Waals surface area contributed by atoms with E-state index in [0.29, 0.717) is 25.9 Å². The molecule has 0 aliphatic rings. The molecule has 0 aliphatic carbocycles. The summed E-state index contributed by atoms with van der Waals surface area (Å²) in [7, 11) is 0. The van der Waals surface area contributed by atoms with E-state index in [1.807, 2.05) is 0 Å². The number of nitrogens with one attached hydrogen (secondary N) is 1. The fraction of sp³-hybridized carbons (Fsp3) is 0.952. The maximum absolute atomic E-state index is 12.6. The summed E-state index contributed by atoms with van der Waals surface area (Å²) < 4.78 is 5.51. The van der Waals surface area contributed by atoms with E-state index in [-0.39, 0.29) is 18.5 Å². The summed E-state index contributed by atoms with van der Waals surface area (Å²) in [5.41, 5.74) is 0. The number of esters is 1. The molecule has 0 heterocycles. The Morgan fingerprint density at radius 1 is 0.303 bits per heavy atom. The smallest absolute Gasteiger partial charge is 0.305 e. The zero-order valence-electron chi connectivity index (χ0n) is 61.0. The predicted octanol–water partition coefficient (Wildman–Crippen LogP) is 27.4. The molecule has 6 nitrogen and oxygen atoms in total. The Bertz CT molecular complexity index is 1350. The Hall–Kier alpha value is -1.40. The van der Waals surface area contributed by atoms with Gasteiger partial charge in [-0.3, -0.25) is 9.59 Å². The van der Waals surface area contributed by atoms with Crippen LogP contribution < -0.4 is 5.32 Å². The third kappa shape index (κ3) is 75.5. The fourth-order valence-electron chi connectivity index (χ4n) is 13.5. The van der Waals surface area contributed by atoms with Gasteiger partial charge in [-0.15, -0.1) is 0 Å². The lowest BCUT2D eigenvalue weighted by Gasteiger charge is -2.22. The van der Waals surface area contributed by atoms with Crippen molar-refractivity contribution in [2.75, 3.05) is 13.2 Å². The number of amides is 1. The Morgan fingerprint density at radius 2 is 0.528 bits per heavy atom. The number of ether oxygens (including phenoxy) is 1. The number of aliphatic hydroxyl groups excluding tert-OH is 2. The van der Waals surface area contributed by atoms with E-state index in [4.69, 9.17) is 4.74 Å². The van der Waals surface area contributed by atoms with Gasteiger partial charge in [-0.05, 0) is 51.4 Å². The van der Waals surface area contributed by atoms with Crippen LogP contribution in [0.1, 0.15) is 483 Å². The summed E-state index contributed by atoms with van der Waals surface area (Å²) >= 11 is 0. The fourth-order valence-corrected chi connectivity index (χ4v) is 13.5. The van der Waals surface area contributed by atoms with Crippen molar-refractivity contribution in [1.29, 1.82) is 0 Å². The van der Waals surface area contributed by atoms with Gasteiger partial charge in [-0.2, -0.15) is 0 Å². The molecule has 6 heteroatoms. The minimum Gasteiger partial charge on any atom is -0.466 e. The second kappa shape index (κ2) is 79.0. The molecule has 0 aliphatic heterocycles. The Labute approximate surface area is 559 Å². The SMILES string of the molecule is CCCCCCCCCCCCCCCCCCCCC(O)C(CO)NC(=O)CCCCCCCCCCCCCCCCCCC/C=C\CCCCCCCCCCCCCCCCCCCCOC(=O)CCCCCCCCCCCCCCCCC. The molecule has 0 spiro atoms. The van der Waals surface area contributed by atoms with E-state index < -0.39 is 12.1 Å². The van der Waals surface area contributed by atoms with Crippen LogP contribution >= 0.6 is 0 Å². The number of rotatable bonds is 79. The first kappa shape index (κ1) is 87.6. The third-order valence-electron chi connectivity index (χ3n) is 19.8. The van der Waals surface area contributed by atoms with Crippen molar-refractivity contribution in [3.63, 3.8) is 0 Å². The predicted molar refractivity (Wildman–Crippen MR) is 394 cm³/mol. The van der Waals surface area contributed by atoms with Gasteiger partial charge in [-0.1, -0.05) is 431 Å². The highest BCUT2D eigenvalue weighted by atomic mass is 16.5. The Morgan fingerprint density at radius 3 is 0.798 bits per heavy atom. The molecule has 0 aromatic rings. The van der Waals surface area contributed by atoms with Gasteiger partial charge in [0.05, 0.1) is 25.4 Å². The Kier molecular flexibility index (Phi) is 77.8. The number of carbonyl (C=O) groups is 2. The van der Waals surface area contributed by atoms with Gasteiger partial charge in [0, 0.05) is 12.8 Å². The van der Waals surface area contributed by atoms with Crippen LogP contribution in [0.2, 0.25) is 0 Å². The number of hydrogen-bond acceptors (Lipinski definition) is 5. The second-order valence-electron chi connectivity index (χ2n) is 28.8. The van der Waals surface area contributed by atoms with E-state index in [1.54, 1.807) is 0 Å².